The molecule has 0 radical (unpaired) electrons. The molecule has 96 valence electrons. The van der Waals surface area contributed by atoms with Gasteiger partial charge in [-0.15, -0.1) is 0 Å². The zero-order valence-electron chi connectivity index (χ0n) is 10.5. The molecule has 0 aliphatic heterocycles. The third kappa shape index (κ3) is 4.85. The van der Waals surface area contributed by atoms with Crippen molar-refractivity contribution in [3.63, 3.8) is 0 Å². The number of nitrogens with zero attached hydrogens (tertiary/aromatic N) is 1. The third-order valence-corrected chi connectivity index (χ3v) is 2.16. The number of hydrogen-bond acceptors (Lipinski definition) is 4. The van der Waals surface area contributed by atoms with E-state index in [1.165, 1.54) is 0 Å². The monoisotopic (exact) mass is 248 g/mol. The van der Waals surface area contributed by atoms with Crippen LogP contribution in [-0.4, -0.2) is 32.3 Å². The van der Waals surface area contributed by atoms with E-state index in [-0.39, 0.29) is 18.6 Å². The molecule has 0 fully saturated rings. The van der Waals surface area contributed by atoms with Gasteiger partial charge in [-0.25, -0.2) is 0 Å². The number of rotatable bonds is 6. The molecule has 1 amide bonds. The molecule has 1 N–H and O–H groups in total. The third-order valence-electron chi connectivity index (χ3n) is 2.16. The number of hydrogen-bond donors (Lipinski definition) is 1. The van der Waals surface area contributed by atoms with Gasteiger partial charge in [0.1, 0.15) is 5.75 Å². The molecule has 5 nitrogen and oxygen atoms in total. The maximum atomic E-state index is 11.5. The van der Waals surface area contributed by atoms with Crippen molar-refractivity contribution in [2.75, 3.05) is 20.3 Å². The minimum Gasteiger partial charge on any atom is -0.484 e. The maximum Gasteiger partial charge on any atom is 0.258 e. The molecular weight excluding hydrogens is 232 g/mol. The highest BCUT2D eigenvalue weighted by Crippen LogP contribution is 2.12. The highest BCUT2D eigenvalue weighted by atomic mass is 16.5. The number of nitrogens with one attached hydrogen (secondary N) is 1. The molecule has 0 aliphatic rings. The molecule has 1 aromatic carbocycles. The Morgan fingerprint density at radius 1 is 1.56 bits per heavy atom. The van der Waals surface area contributed by atoms with Crippen molar-refractivity contribution < 1.29 is 14.3 Å². The van der Waals surface area contributed by atoms with Crippen LogP contribution in [0.15, 0.2) is 24.3 Å². The fourth-order valence-electron chi connectivity index (χ4n) is 1.41. The molecule has 1 atom stereocenters. The highest BCUT2D eigenvalue weighted by Gasteiger charge is 2.07. The van der Waals surface area contributed by atoms with Gasteiger partial charge < -0.3 is 14.8 Å². The fourth-order valence-corrected chi connectivity index (χ4v) is 1.41. The number of benzene rings is 1. The van der Waals surface area contributed by atoms with Gasteiger partial charge in [0.25, 0.3) is 5.91 Å². The Balaban J connectivity index is 2.40. The second kappa shape index (κ2) is 7.30. The fraction of sp³-hybridized carbons (Fsp3) is 0.385. The Labute approximate surface area is 106 Å². The van der Waals surface area contributed by atoms with Crippen molar-refractivity contribution in [1.29, 1.82) is 5.26 Å². The summed E-state index contributed by atoms with van der Waals surface area (Å²) in [6, 6.07) is 8.62. The van der Waals surface area contributed by atoms with E-state index in [4.69, 9.17) is 14.7 Å². The highest BCUT2D eigenvalue weighted by molar-refractivity contribution is 5.77. The minimum atomic E-state index is -0.220. The van der Waals surface area contributed by atoms with Gasteiger partial charge in [0.2, 0.25) is 0 Å². The topological polar surface area (TPSA) is 71.3 Å². The molecule has 18 heavy (non-hydrogen) atoms. The molecule has 5 heteroatoms. The van der Waals surface area contributed by atoms with E-state index in [0.29, 0.717) is 17.9 Å². The van der Waals surface area contributed by atoms with Gasteiger partial charge in [0, 0.05) is 13.2 Å². The second-order valence-corrected chi connectivity index (χ2v) is 3.85. The number of amides is 1. The average Bonchev–Trinajstić information content (AvgIpc) is 2.37. The summed E-state index contributed by atoms with van der Waals surface area (Å²) in [6.45, 7) is 2.22. The maximum absolute atomic E-state index is 11.5. The summed E-state index contributed by atoms with van der Waals surface area (Å²) < 4.78 is 10.2. The first kappa shape index (κ1) is 14.0. The van der Waals surface area contributed by atoms with Crippen molar-refractivity contribution >= 4 is 5.91 Å². The summed E-state index contributed by atoms with van der Waals surface area (Å²) in [6.07, 6.45) is 0. The zero-order chi connectivity index (χ0) is 13.4. The largest absolute Gasteiger partial charge is 0.484 e. The first-order chi connectivity index (χ1) is 8.65. The number of nitriles is 1. The molecule has 1 rings (SSSR count). The Bertz CT molecular complexity index is 440. The van der Waals surface area contributed by atoms with Crippen molar-refractivity contribution in [2.45, 2.75) is 13.0 Å². The summed E-state index contributed by atoms with van der Waals surface area (Å²) in [5.74, 6) is 0.283. The molecule has 0 saturated carbocycles. The van der Waals surface area contributed by atoms with E-state index >= 15 is 0 Å². The minimum absolute atomic E-state index is 0.0588. The van der Waals surface area contributed by atoms with E-state index in [2.05, 4.69) is 5.32 Å². The summed E-state index contributed by atoms with van der Waals surface area (Å²) in [5, 5.41) is 11.4. The summed E-state index contributed by atoms with van der Waals surface area (Å²) >= 11 is 0. The summed E-state index contributed by atoms with van der Waals surface area (Å²) in [5.41, 5.74) is 0.501. The van der Waals surface area contributed by atoms with Crippen LogP contribution in [-0.2, 0) is 9.53 Å². The normalized spacial score (nSPS) is 11.4. The van der Waals surface area contributed by atoms with Crippen LogP contribution in [0, 0.1) is 11.3 Å². The van der Waals surface area contributed by atoms with E-state index in [1.54, 1.807) is 31.4 Å². The SMILES string of the molecule is COCC(C)NC(=O)COc1cccc(C#N)c1. The molecule has 1 unspecified atom stereocenters. The molecule has 0 aliphatic carbocycles. The lowest BCUT2D eigenvalue weighted by molar-refractivity contribution is -0.124. The van der Waals surface area contributed by atoms with Crippen LogP contribution < -0.4 is 10.1 Å². The second-order valence-electron chi connectivity index (χ2n) is 3.85. The van der Waals surface area contributed by atoms with Crippen LogP contribution in [0.1, 0.15) is 12.5 Å². The lowest BCUT2D eigenvalue weighted by Gasteiger charge is -2.13. The first-order valence-corrected chi connectivity index (χ1v) is 5.57. The van der Waals surface area contributed by atoms with Crippen molar-refractivity contribution in [1.82, 2.24) is 5.32 Å². The zero-order valence-corrected chi connectivity index (χ0v) is 10.5. The average molecular weight is 248 g/mol. The van der Waals surface area contributed by atoms with E-state index in [0.717, 1.165) is 0 Å². The lowest BCUT2D eigenvalue weighted by Crippen LogP contribution is -2.38. The molecule has 0 spiro atoms. The van der Waals surface area contributed by atoms with Gasteiger partial charge in [-0.2, -0.15) is 5.26 Å². The Kier molecular flexibility index (Phi) is 5.68. The van der Waals surface area contributed by atoms with Crippen LogP contribution in [0.2, 0.25) is 0 Å². The quantitative estimate of drug-likeness (QED) is 0.818. The summed E-state index contributed by atoms with van der Waals surface area (Å²) in [7, 11) is 1.58. The number of carbonyl (C=O) groups is 1. The van der Waals surface area contributed by atoms with Gasteiger partial charge in [-0.3, -0.25) is 4.79 Å². The number of carbonyl (C=O) groups excluding carboxylic acids is 1. The molecule has 0 heterocycles. The van der Waals surface area contributed by atoms with Gasteiger partial charge in [0.05, 0.1) is 18.2 Å². The smallest absolute Gasteiger partial charge is 0.258 e. The predicted octanol–water partition coefficient (Wildman–Crippen LogP) is 1.09. The lowest BCUT2D eigenvalue weighted by atomic mass is 10.2. The van der Waals surface area contributed by atoms with Gasteiger partial charge in [-0.1, -0.05) is 6.07 Å². The van der Waals surface area contributed by atoms with Crippen LogP contribution in [0.4, 0.5) is 0 Å². The predicted molar refractivity (Wildman–Crippen MR) is 66.1 cm³/mol. The van der Waals surface area contributed by atoms with Crippen molar-refractivity contribution in [3.8, 4) is 11.8 Å². The van der Waals surface area contributed by atoms with E-state index < -0.39 is 0 Å². The van der Waals surface area contributed by atoms with Crippen molar-refractivity contribution in [3.05, 3.63) is 29.8 Å². The standard InChI is InChI=1S/C13H16N2O3/c1-10(8-17-2)15-13(16)9-18-12-5-3-4-11(6-12)7-14/h3-6,10H,8-9H2,1-2H3,(H,15,16). The van der Waals surface area contributed by atoms with Crippen LogP contribution >= 0.6 is 0 Å². The van der Waals surface area contributed by atoms with Crippen LogP contribution in [0.25, 0.3) is 0 Å². The molecule has 0 bridgehead atoms. The van der Waals surface area contributed by atoms with Gasteiger partial charge in [0.15, 0.2) is 6.61 Å². The van der Waals surface area contributed by atoms with Gasteiger partial charge >= 0.3 is 0 Å². The molecule has 0 saturated heterocycles. The Hall–Kier alpha value is -2.06. The van der Waals surface area contributed by atoms with Crippen molar-refractivity contribution in [2.24, 2.45) is 0 Å². The Morgan fingerprint density at radius 2 is 2.33 bits per heavy atom. The number of methoxy groups -OCH3 is 1. The summed E-state index contributed by atoms with van der Waals surface area (Å²) in [4.78, 5) is 11.5. The Morgan fingerprint density at radius 3 is 3.00 bits per heavy atom. The molecular formula is C13H16N2O3. The molecule has 0 aromatic heterocycles. The van der Waals surface area contributed by atoms with E-state index in [9.17, 15) is 4.79 Å². The van der Waals surface area contributed by atoms with E-state index in [1.807, 2.05) is 13.0 Å². The van der Waals surface area contributed by atoms with Crippen LogP contribution in [0.3, 0.4) is 0 Å². The number of ether oxygens (including phenoxy) is 2. The van der Waals surface area contributed by atoms with Crippen LogP contribution in [0.5, 0.6) is 5.75 Å². The molecule has 1 aromatic rings. The first-order valence-electron chi connectivity index (χ1n) is 5.57. The van der Waals surface area contributed by atoms with Gasteiger partial charge in [-0.05, 0) is 25.1 Å².